The molecule has 2 aliphatic carbocycles. The van der Waals surface area contributed by atoms with Gasteiger partial charge in [0.1, 0.15) is 0 Å². The molecule has 0 saturated heterocycles. The van der Waals surface area contributed by atoms with Crippen molar-refractivity contribution in [2.75, 3.05) is 6.54 Å². The van der Waals surface area contributed by atoms with Crippen LogP contribution in [0.25, 0.3) is 0 Å². The van der Waals surface area contributed by atoms with Gasteiger partial charge in [0.15, 0.2) is 0 Å². The molecule has 1 radical (unpaired) electrons. The lowest BCUT2D eigenvalue weighted by molar-refractivity contribution is 0.0951. The number of amides is 1. The maximum Gasteiger partial charge on any atom is 0.253 e. The molecule has 1 aromatic rings. The molecule has 0 unspecified atom stereocenters. The zero-order valence-electron chi connectivity index (χ0n) is 9.34. The molecule has 1 fully saturated rings. The molecular weight excluding hydrogens is 218 g/mol. The van der Waals surface area contributed by atoms with Crippen molar-refractivity contribution in [2.45, 2.75) is 38.5 Å². The summed E-state index contributed by atoms with van der Waals surface area (Å²) in [4.78, 5) is 13.4. The van der Waals surface area contributed by atoms with Gasteiger partial charge < -0.3 is 5.32 Å². The van der Waals surface area contributed by atoms with E-state index in [1.54, 1.807) is 11.3 Å². The summed E-state index contributed by atoms with van der Waals surface area (Å²) < 4.78 is 0. The number of fused-ring (bicyclic) bond motifs is 1. The van der Waals surface area contributed by atoms with Crippen LogP contribution in [-0.4, -0.2) is 12.5 Å². The fourth-order valence-electron chi connectivity index (χ4n) is 2.26. The van der Waals surface area contributed by atoms with Crippen LogP contribution in [0.3, 0.4) is 0 Å². The first-order chi connectivity index (χ1) is 7.84. The molecular formula is C13H16NOS. The Labute approximate surface area is 100 Å². The largest absolute Gasteiger partial charge is 0.352 e. The Morgan fingerprint density at radius 3 is 3.00 bits per heavy atom. The van der Waals surface area contributed by atoms with Gasteiger partial charge in [-0.2, -0.15) is 0 Å². The van der Waals surface area contributed by atoms with Crippen LogP contribution in [0.2, 0.25) is 0 Å². The third kappa shape index (κ3) is 2.01. The molecule has 16 heavy (non-hydrogen) atoms. The van der Waals surface area contributed by atoms with Crippen LogP contribution in [-0.2, 0) is 12.8 Å². The number of rotatable bonds is 3. The normalized spacial score (nSPS) is 19.2. The van der Waals surface area contributed by atoms with Crippen molar-refractivity contribution < 1.29 is 4.79 Å². The Hall–Kier alpha value is -0.830. The van der Waals surface area contributed by atoms with Gasteiger partial charge >= 0.3 is 0 Å². The molecule has 1 N–H and O–H groups in total. The van der Waals surface area contributed by atoms with Gasteiger partial charge in [-0.3, -0.25) is 4.79 Å². The molecule has 85 valence electrons. The van der Waals surface area contributed by atoms with Gasteiger partial charge in [-0.25, -0.2) is 0 Å². The van der Waals surface area contributed by atoms with Gasteiger partial charge in [-0.1, -0.05) is 0 Å². The zero-order valence-corrected chi connectivity index (χ0v) is 10.2. The Bertz CT molecular complexity index is 406. The van der Waals surface area contributed by atoms with E-state index in [9.17, 15) is 4.79 Å². The number of nitrogens with one attached hydrogen (secondary N) is 1. The third-order valence-corrected chi connectivity index (χ3v) is 4.47. The molecule has 3 heteroatoms. The van der Waals surface area contributed by atoms with Crippen LogP contribution >= 0.6 is 11.3 Å². The summed E-state index contributed by atoms with van der Waals surface area (Å²) in [5.74, 6) is 0.852. The topological polar surface area (TPSA) is 29.1 Å². The molecule has 0 aromatic carbocycles. The minimum atomic E-state index is 0.103. The van der Waals surface area contributed by atoms with Crippen LogP contribution < -0.4 is 5.32 Å². The van der Waals surface area contributed by atoms with Crippen LogP contribution in [0.4, 0.5) is 0 Å². The van der Waals surface area contributed by atoms with Crippen molar-refractivity contribution in [1.82, 2.24) is 5.32 Å². The van der Waals surface area contributed by atoms with Crippen molar-refractivity contribution in [3.05, 3.63) is 21.4 Å². The second kappa shape index (κ2) is 4.21. The molecule has 0 atom stereocenters. The van der Waals surface area contributed by atoms with Crippen LogP contribution in [0, 0.1) is 11.3 Å². The van der Waals surface area contributed by atoms with Gasteiger partial charge in [0.05, 0.1) is 10.9 Å². The van der Waals surface area contributed by atoms with E-state index < -0.39 is 0 Å². The molecule has 1 aromatic heterocycles. The number of carbonyl (C=O) groups excluding carboxylic acids is 1. The van der Waals surface area contributed by atoms with Gasteiger partial charge in [0.25, 0.3) is 5.91 Å². The average molecular weight is 234 g/mol. The highest BCUT2D eigenvalue weighted by molar-refractivity contribution is 7.10. The lowest BCUT2D eigenvalue weighted by Crippen LogP contribution is -2.26. The van der Waals surface area contributed by atoms with Gasteiger partial charge in [-0.15, -0.1) is 11.3 Å². The van der Waals surface area contributed by atoms with Crippen molar-refractivity contribution in [3.63, 3.8) is 0 Å². The number of hydrogen-bond acceptors (Lipinski definition) is 2. The minimum absolute atomic E-state index is 0.103. The molecule has 3 rings (SSSR count). The zero-order chi connectivity index (χ0) is 11.0. The highest BCUT2D eigenvalue weighted by Gasteiger charge is 2.24. The molecule has 1 amide bonds. The van der Waals surface area contributed by atoms with Crippen molar-refractivity contribution in [3.8, 4) is 0 Å². The monoisotopic (exact) mass is 234 g/mol. The highest BCUT2D eigenvalue weighted by Crippen LogP contribution is 2.30. The Kier molecular flexibility index (Phi) is 2.72. The molecule has 1 saturated carbocycles. The predicted octanol–water partition coefficient (Wildman–Crippen LogP) is 2.57. The molecule has 1 heterocycles. The summed E-state index contributed by atoms with van der Waals surface area (Å²) in [6, 6.07) is 0. The quantitative estimate of drug-likeness (QED) is 0.855. The molecule has 0 aliphatic heterocycles. The Balaban J connectivity index is 1.71. The first-order valence-corrected chi connectivity index (χ1v) is 6.96. The fraction of sp³-hybridized carbons (Fsp3) is 0.615. The lowest BCUT2D eigenvalue weighted by Gasteiger charge is -2.12. The second-order valence-electron chi connectivity index (χ2n) is 4.84. The summed E-state index contributed by atoms with van der Waals surface area (Å²) in [5.41, 5.74) is 2.12. The van der Waals surface area contributed by atoms with E-state index in [0.717, 1.165) is 30.9 Å². The first kappa shape index (κ1) is 10.3. The number of thiophene rings is 1. The third-order valence-electron chi connectivity index (χ3n) is 3.47. The van der Waals surface area contributed by atoms with E-state index in [-0.39, 0.29) is 5.91 Å². The van der Waals surface area contributed by atoms with Gasteiger partial charge in [0, 0.05) is 11.4 Å². The van der Waals surface area contributed by atoms with E-state index in [1.165, 1.54) is 36.1 Å². The Morgan fingerprint density at radius 1 is 1.38 bits per heavy atom. The van der Waals surface area contributed by atoms with Crippen LogP contribution in [0.1, 0.15) is 46.5 Å². The number of carbonyl (C=O) groups is 1. The first-order valence-electron chi connectivity index (χ1n) is 6.15. The van der Waals surface area contributed by atoms with E-state index in [0.29, 0.717) is 0 Å². The summed E-state index contributed by atoms with van der Waals surface area (Å²) in [6.45, 7) is 0.858. The van der Waals surface area contributed by atoms with Crippen LogP contribution in [0.15, 0.2) is 0 Å². The van der Waals surface area contributed by atoms with Crippen molar-refractivity contribution in [1.29, 1.82) is 0 Å². The summed E-state index contributed by atoms with van der Waals surface area (Å²) in [7, 11) is 0. The molecule has 2 aliphatic rings. The highest BCUT2D eigenvalue weighted by atomic mass is 32.1. The maximum absolute atomic E-state index is 12.0. The average Bonchev–Trinajstić information content (AvgIpc) is 3.04. The summed E-state index contributed by atoms with van der Waals surface area (Å²) >= 11 is 1.64. The van der Waals surface area contributed by atoms with Gasteiger partial charge in [-0.05, 0) is 50.0 Å². The SMILES string of the molecule is O=C(NCC1CC1)c1[c]sc2c1CCCC2. The van der Waals surface area contributed by atoms with E-state index in [1.807, 2.05) is 0 Å². The number of hydrogen-bond donors (Lipinski definition) is 1. The summed E-state index contributed by atoms with van der Waals surface area (Å²) in [6.07, 6.45) is 7.27. The minimum Gasteiger partial charge on any atom is -0.352 e. The predicted molar refractivity (Wildman–Crippen MR) is 64.9 cm³/mol. The van der Waals surface area contributed by atoms with Gasteiger partial charge in [0.2, 0.25) is 0 Å². The molecule has 0 spiro atoms. The molecule has 2 nitrogen and oxygen atoms in total. The van der Waals surface area contributed by atoms with Crippen molar-refractivity contribution in [2.24, 2.45) is 5.92 Å². The Morgan fingerprint density at radius 2 is 2.19 bits per heavy atom. The van der Waals surface area contributed by atoms with E-state index in [2.05, 4.69) is 10.7 Å². The maximum atomic E-state index is 12.0. The molecule has 0 bridgehead atoms. The smallest absolute Gasteiger partial charge is 0.253 e. The lowest BCUT2D eigenvalue weighted by atomic mass is 9.95. The number of aryl methyl sites for hydroxylation is 1. The second-order valence-corrected chi connectivity index (χ2v) is 5.74. The van der Waals surface area contributed by atoms with Crippen LogP contribution in [0.5, 0.6) is 0 Å². The van der Waals surface area contributed by atoms with Crippen molar-refractivity contribution >= 4 is 17.2 Å². The fourth-order valence-corrected chi connectivity index (χ4v) is 3.27. The standard InChI is InChI=1S/C13H16NOS/c15-13(14-7-9-5-6-9)11-8-16-12-4-2-1-3-10(11)12/h9H,1-7H2,(H,14,15). The summed E-state index contributed by atoms with van der Waals surface area (Å²) in [5, 5.41) is 6.22. The van der Waals surface area contributed by atoms with E-state index >= 15 is 0 Å². The van der Waals surface area contributed by atoms with E-state index in [4.69, 9.17) is 0 Å².